The fraction of sp³-hybridized carbons (Fsp3) is 0. The fourth-order valence-corrected chi connectivity index (χ4v) is 12.8. The van der Waals surface area contributed by atoms with Gasteiger partial charge in [-0.2, -0.15) is 5.10 Å². The van der Waals surface area contributed by atoms with Gasteiger partial charge < -0.3 is 4.90 Å². The largest absolute Gasteiger partial charge is 0.307 e. The van der Waals surface area contributed by atoms with Crippen molar-refractivity contribution in [2.45, 2.75) is 0 Å². The lowest BCUT2D eigenvalue weighted by molar-refractivity contribution is 0.892. The summed E-state index contributed by atoms with van der Waals surface area (Å²) < 4.78 is 2.13. The van der Waals surface area contributed by atoms with Crippen molar-refractivity contribution < 1.29 is 0 Å². The zero-order chi connectivity index (χ0) is 32.6. The van der Waals surface area contributed by atoms with Gasteiger partial charge >= 0.3 is 0 Å². The summed E-state index contributed by atoms with van der Waals surface area (Å²) in [5.74, 6) is 0. The van der Waals surface area contributed by atoms with Gasteiger partial charge in [0.25, 0.3) is 0 Å². The van der Waals surface area contributed by atoms with Crippen molar-refractivity contribution in [1.29, 1.82) is 0 Å². The Morgan fingerprint density at radius 2 is 0.796 bits per heavy atom. The molecule has 1 aliphatic heterocycles. The van der Waals surface area contributed by atoms with Crippen LogP contribution in [-0.4, -0.2) is 17.9 Å². The van der Waals surface area contributed by atoms with Gasteiger partial charge in [0, 0.05) is 22.5 Å². The summed E-state index contributed by atoms with van der Waals surface area (Å²) in [5, 5.41) is 10.9. The third-order valence-electron chi connectivity index (χ3n) is 9.69. The highest BCUT2D eigenvalue weighted by molar-refractivity contribution is 7.21. The Morgan fingerprint density at radius 1 is 0.388 bits per heavy atom. The Labute approximate surface area is 288 Å². The first-order valence-corrected chi connectivity index (χ1v) is 18.7. The van der Waals surface area contributed by atoms with Gasteiger partial charge in [0.05, 0.1) is 11.4 Å². The second kappa shape index (κ2) is 12.1. The first kappa shape index (κ1) is 28.9. The fourth-order valence-electron chi connectivity index (χ4n) is 7.68. The number of hydrogen-bond acceptors (Lipinski definition) is 2. The molecule has 0 spiro atoms. The number of aromatic nitrogens is 2. The molecule has 0 unspecified atom stereocenters. The summed E-state index contributed by atoms with van der Waals surface area (Å²) in [4.78, 5) is 2.50. The van der Waals surface area contributed by atoms with Crippen molar-refractivity contribution in [3.8, 4) is 28.2 Å². The van der Waals surface area contributed by atoms with Crippen LogP contribution in [0, 0.1) is 0 Å². The Morgan fingerprint density at radius 3 is 1.31 bits per heavy atom. The Bertz CT molecular complexity index is 2280. The summed E-state index contributed by atoms with van der Waals surface area (Å²) in [6.07, 6.45) is 0. The smallest absolute Gasteiger partial charge is 0.184 e. The minimum absolute atomic E-state index is 0.932. The van der Waals surface area contributed by atoms with E-state index in [-0.39, 0.29) is 0 Å². The predicted molar refractivity (Wildman–Crippen MR) is 206 cm³/mol. The summed E-state index contributed by atoms with van der Waals surface area (Å²) in [6, 6.07) is 72.3. The number of benzene rings is 7. The molecule has 0 atom stereocenters. The number of anilines is 3. The highest BCUT2D eigenvalue weighted by Gasteiger charge is 2.49. The molecule has 1 aliphatic rings. The van der Waals surface area contributed by atoms with E-state index in [2.05, 4.69) is 210 Å². The van der Waals surface area contributed by atoms with Gasteiger partial charge in [-0.1, -0.05) is 176 Å². The van der Waals surface area contributed by atoms with E-state index in [1.165, 1.54) is 32.1 Å². The minimum atomic E-state index is -2.77. The zero-order valence-corrected chi connectivity index (χ0v) is 27.9. The topological polar surface area (TPSA) is 21.1 Å². The maximum atomic E-state index is 5.49. The molecule has 4 heteroatoms. The van der Waals surface area contributed by atoms with E-state index in [4.69, 9.17) is 5.10 Å². The molecule has 0 saturated heterocycles. The first-order chi connectivity index (χ1) is 24.4. The van der Waals surface area contributed by atoms with Crippen molar-refractivity contribution in [2.75, 3.05) is 4.90 Å². The molecule has 1 aromatic heterocycles. The summed E-state index contributed by atoms with van der Waals surface area (Å²) in [5.41, 5.74) is 8.59. The number of rotatable bonds is 6. The molecule has 0 aliphatic carbocycles. The monoisotopic (exact) mass is 643 g/mol. The van der Waals surface area contributed by atoms with Gasteiger partial charge in [-0.05, 0) is 45.0 Å². The van der Waals surface area contributed by atoms with E-state index in [1.54, 1.807) is 0 Å². The molecule has 49 heavy (non-hydrogen) atoms. The van der Waals surface area contributed by atoms with Gasteiger partial charge in [0.1, 0.15) is 11.4 Å². The molecule has 0 amide bonds. The van der Waals surface area contributed by atoms with Crippen LogP contribution in [-0.2, 0) is 0 Å². The van der Waals surface area contributed by atoms with Gasteiger partial charge in [-0.15, -0.1) is 0 Å². The van der Waals surface area contributed by atoms with Crippen LogP contribution in [0.2, 0.25) is 0 Å². The van der Waals surface area contributed by atoms with E-state index in [9.17, 15) is 0 Å². The minimum Gasteiger partial charge on any atom is -0.307 e. The van der Waals surface area contributed by atoms with Crippen molar-refractivity contribution in [3.63, 3.8) is 0 Å². The third kappa shape index (κ3) is 4.60. The van der Waals surface area contributed by atoms with E-state index in [0.717, 1.165) is 33.9 Å². The Balaban J connectivity index is 1.44. The van der Waals surface area contributed by atoms with Crippen LogP contribution in [0.1, 0.15) is 0 Å². The lowest BCUT2D eigenvalue weighted by atomic mass is 10.0. The number of nitrogens with zero attached hydrogens (tertiary/aromatic N) is 3. The van der Waals surface area contributed by atoms with Crippen LogP contribution in [0.5, 0.6) is 0 Å². The SMILES string of the molecule is c1ccc(-c2nn(-c3ccccc3)c(-c3ccccc3)c2N2c3ccccc3[Si](c3ccccc3)(c3ccccc3)c3ccccc32)cc1. The second-order valence-electron chi connectivity index (χ2n) is 12.4. The van der Waals surface area contributed by atoms with E-state index in [1.807, 2.05) is 0 Å². The normalized spacial score (nSPS) is 13.0. The number of fused-ring (bicyclic) bond motifs is 2. The molecule has 0 N–H and O–H groups in total. The highest BCUT2D eigenvalue weighted by atomic mass is 28.3. The maximum absolute atomic E-state index is 5.49. The number of para-hydroxylation sites is 3. The van der Waals surface area contributed by atoms with Crippen LogP contribution >= 0.6 is 0 Å². The quantitative estimate of drug-likeness (QED) is 0.170. The standard InChI is InChI=1S/C45H33N3Si/c1-6-20-34(21-7-1)43-45(44(35-22-8-2-9-23-35)48(46-43)36-24-10-3-11-25-36)47-39-30-16-18-32-41(39)49(37-26-12-4-13-27-37,38-28-14-5-15-29-38)42-33-19-17-31-40(42)47/h1-33H. The predicted octanol–water partition coefficient (Wildman–Crippen LogP) is 8.37. The van der Waals surface area contributed by atoms with Crippen LogP contribution in [0.4, 0.5) is 17.1 Å². The number of hydrogen-bond donors (Lipinski definition) is 0. The highest BCUT2D eigenvalue weighted by Crippen LogP contribution is 2.48. The van der Waals surface area contributed by atoms with Crippen LogP contribution in [0.15, 0.2) is 200 Å². The van der Waals surface area contributed by atoms with Crippen molar-refractivity contribution in [1.82, 2.24) is 9.78 Å². The molecule has 0 saturated carbocycles. The lowest BCUT2D eigenvalue weighted by Gasteiger charge is -2.45. The van der Waals surface area contributed by atoms with Gasteiger partial charge in [0.2, 0.25) is 0 Å². The van der Waals surface area contributed by atoms with E-state index in [0.29, 0.717) is 0 Å². The van der Waals surface area contributed by atoms with E-state index >= 15 is 0 Å². The molecule has 8 aromatic rings. The Kier molecular flexibility index (Phi) is 7.14. The second-order valence-corrected chi connectivity index (χ2v) is 16.1. The molecule has 232 valence electrons. The molecule has 3 nitrogen and oxygen atoms in total. The maximum Gasteiger partial charge on any atom is 0.184 e. The first-order valence-electron chi connectivity index (χ1n) is 16.7. The molecule has 9 rings (SSSR count). The average molecular weight is 644 g/mol. The summed E-state index contributed by atoms with van der Waals surface area (Å²) >= 11 is 0. The molecule has 2 heterocycles. The molecular weight excluding hydrogens is 611 g/mol. The molecule has 7 aromatic carbocycles. The van der Waals surface area contributed by atoms with Gasteiger partial charge in [-0.25, -0.2) is 4.68 Å². The Hall–Kier alpha value is -6.23. The van der Waals surface area contributed by atoms with Crippen molar-refractivity contribution in [2.24, 2.45) is 0 Å². The van der Waals surface area contributed by atoms with Crippen molar-refractivity contribution in [3.05, 3.63) is 200 Å². The molecule has 0 bridgehead atoms. The van der Waals surface area contributed by atoms with Crippen molar-refractivity contribution >= 4 is 45.9 Å². The van der Waals surface area contributed by atoms with E-state index < -0.39 is 8.07 Å². The van der Waals surface area contributed by atoms with Crippen LogP contribution < -0.4 is 25.6 Å². The van der Waals surface area contributed by atoms with Crippen LogP contribution in [0.25, 0.3) is 28.2 Å². The lowest BCUT2D eigenvalue weighted by Crippen LogP contribution is -2.77. The average Bonchev–Trinajstić information content (AvgIpc) is 3.59. The third-order valence-corrected chi connectivity index (χ3v) is 14.6. The molecule has 0 radical (unpaired) electrons. The van der Waals surface area contributed by atoms with Crippen LogP contribution in [0.3, 0.4) is 0 Å². The molecular formula is C45H33N3Si. The summed E-state index contributed by atoms with van der Waals surface area (Å²) in [6.45, 7) is 0. The van der Waals surface area contributed by atoms with Gasteiger partial charge in [0.15, 0.2) is 8.07 Å². The molecule has 0 fully saturated rings. The zero-order valence-electron chi connectivity index (χ0n) is 26.9. The summed E-state index contributed by atoms with van der Waals surface area (Å²) in [7, 11) is -2.77. The van der Waals surface area contributed by atoms with Gasteiger partial charge in [-0.3, -0.25) is 0 Å².